The molecule has 6 heteroatoms. The summed E-state index contributed by atoms with van der Waals surface area (Å²) in [6, 6.07) is 12.5. The molecule has 5 nitrogen and oxygen atoms in total. The van der Waals surface area contributed by atoms with Crippen LogP contribution in [0.25, 0.3) is 0 Å². The van der Waals surface area contributed by atoms with Gasteiger partial charge in [-0.2, -0.15) is 0 Å². The summed E-state index contributed by atoms with van der Waals surface area (Å²) < 4.78 is 13.6. The third-order valence-corrected chi connectivity index (χ3v) is 4.06. The summed E-state index contributed by atoms with van der Waals surface area (Å²) in [5.74, 6) is -0.882. The minimum atomic E-state index is -1.14. The highest BCUT2D eigenvalue weighted by Crippen LogP contribution is 2.30. The number of aliphatic hydroxyl groups is 1. The highest BCUT2D eigenvalue weighted by atomic mass is 19.1. The Morgan fingerprint density at radius 2 is 1.92 bits per heavy atom. The van der Waals surface area contributed by atoms with E-state index in [-0.39, 0.29) is 23.9 Å². The quantitative estimate of drug-likeness (QED) is 0.755. The molecule has 1 unspecified atom stereocenters. The molecule has 0 spiro atoms. The van der Waals surface area contributed by atoms with Crippen molar-refractivity contribution in [3.05, 3.63) is 65.5 Å². The molecule has 0 aromatic heterocycles. The lowest BCUT2D eigenvalue weighted by Gasteiger charge is -2.13. The number of nitrogens with one attached hydrogen (secondary N) is 2. The Kier molecular flexibility index (Phi) is 5.09. The molecule has 0 heterocycles. The summed E-state index contributed by atoms with van der Waals surface area (Å²) in [6.45, 7) is -0.113. The second-order valence-electron chi connectivity index (χ2n) is 6.09. The predicted molar refractivity (Wildman–Crippen MR) is 91.5 cm³/mol. The van der Waals surface area contributed by atoms with Gasteiger partial charge in [-0.25, -0.2) is 4.39 Å². The van der Waals surface area contributed by atoms with Crippen molar-refractivity contribution in [2.45, 2.75) is 18.9 Å². The van der Waals surface area contributed by atoms with Crippen molar-refractivity contribution < 1.29 is 19.1 Å². The van der Waals surface area contributed by atoms with E-state index in [0.29, 0.717) is 11.3 Å². The molecular formula is C19H19FN2O3. The van der Waals surface area contributed by atoms with E-state index in [1.54, 1.807) is 30.3 Å². The zero-order valence-electron chi connectivity index (χ0n) is 13.5. The van der Waals surface area contributed by atoms with Crippen LogP contribution >= 0.6 is 0 Å². The molecule has 2 aromatic rings. The zero-order chi connectivity index (χ0) is 17.8. The molecule has 2 aromatic carbocycles. The van der Waals surface area contributed by atoms with Gasteiger partial charge in [-0.15, -0.1) is 0 Å². The normalized spacial score (nSPS) is 14.6. The second-order valence-corrected chi connectivity index (χ2v) is 6.09. The van der Waals surface area contributed by atoms with Crippen molar-refractivity contribution in [3.63, 3.8) is 0 Å². The van der Waals surface area contributed by atoms with E-state index in [1.165, 1.54) is 18.2 Å². The van der Waals surface area contributed by atoms with E-state index >= 15 is 0 Å². The smallest absolute Gasteiger partial charge is 0.251 e. The van der Waals surface area contributed by atoms with Gasteiger partial charge in [0, 0.05) is 29.3 Å². The largest absolute Gasteiger partial charge is 0.386 e. The summed E-state index contributed by atoms with van der Waals surface area (Å²) in [6.07, 6.45) is 0.669. The van der Waals surface area contributed by atoms with Gasteiger partial charge in [0.2, 0.25) is 5.91 Å². The van der Waals surface area contributed by atoms with Crippen molar-refractivity contribution >= 4 is 17.5 Å². The lowest BCUT2D eigenvalue weighted by molar-refractivity contribution is -0.117. The van der Waals surface area contributed by atoms with Gasteiger partial charge in [0.05, 0.1) is 6.10 Å². The van der Waals surface area contributed by atoms with Gasteiger partial charge in [-0.05, 0) is 37.1 Å². The number of rotatable bonds is 6. The molecule has 0 bridgehead atoms. The van der Waals surface area contributed by atoms with Crippen LogP contribution in [0.1, 0.15) is 34.9 Å². The zero-order valence-corrected chi connectivity index (χ0v) is 13.5. The van der Waals surface area contributed by atoms with Gasteiger partial charge in [0.15, 0.2) is 0 Å². The molecule has 3 rings (SSSR count). The van der Waals surface area contributed by atoms with Crippen LogP contribution in [0.4, 0.5) is 10.1 Å². The molecule has 1 atom stereocenters. The highest BCUT2D eigenvalue weighted by Gasteiger charge is 2.29. The number of anilines is 1. The molecular weight excluding hydrogens is 323 g/mol. The van der Waals surface area contributed by atoms with Crippen LogP contribution in [0.15, 0.2) is 48.5 Å². The molecule has 1 fully saturated rings. The third kappa shape index (κ3) is 4.42. The number of benzene rings is 2. The van der Waals surface area contributed by atoms with Crippen LogP contribution in [-0.4, -0.2) is 23.5 Å². The summed E-state index contributed by atoms with van der Waals surface area (Å²) >= 11 is 0. The van der Waals surface area contributed by atoms with Gasteiger partial charge >= 0.3 is 0 Å². The topological polar surface area (TPSA) is 78.4 Å². The van der Waals surface area contributed by atoms with E-state index in [4.69, 9.17) is 0 Å². The molecule has 1 saturated carbocycles. The van der Waals surface area contributed by atoms with Gasteiger partial charge in [-0.1, -0.05) is 24.3 Å². The predicted octanol–water partition coefficient (Wildman–Crippen LogP) is 2.64. The highest BCUT2D eigenvalue weighted by molar-refractivity contribution is 5.98. The van der Waals surface area contributed by atoms with Gasteiger partial charge < -0.3 is 15.7 Å². The first-order chi connectivity index (χ1) is 12.0. The van der Waals surface area contributed by atoms with E-state index in [2.05, 4.69) is 10.6 Å². The number of halogens is 1. The van der Waals surface area contributed by atoms with Gasteiger partial charge in [0.1, 0.15) is 5.82 Å². The fraction of sp³-hybridized carbons (Fsp3) is 0.263. The Bertz CT molecular complexity index is 790. The van der Waals surface area contributed by atoms with Gasteiger partial charge in [-0.3, -0.25) is 9.59 Å². The van der Waals surface area contributed by atoms with Crippen LogP contribution in [-0.2, 0) is 4.79 Å². The number of amides is 2. The fourth-order valence-corrected chi connectivity index (χ4v) is 2.47. The second kappa shape index (κ2) is 7.44. The number of carbonyl (C=O) groups is 2. The molecule has 25 heavy (non-hydrogen) atoms. The van der Waals surface area contributed by atoms with Crippen molar-refractivity contribution in [2.75, 3.05) is 11.9 Å². The minimum Gasteiger partial charge on any atom is -0.386 e. The number of carbonyl (C=O) groups excluding carboxylic acids is 2. The Balaban J connectivity index is 1.59. The summed E-state index contributed by atoms with van der Waals surface area (Å²) in [4.78, 5) is 24.0. The van der Waals surface area contributed by atoms with Crippen LogP contribution in [0.3, 0.4) is 0 Å². The molecule has 0 saturated heterocycles. The Labute approximate surface area is 144 Å². The number of hydrogen-bond donors (Lipinski definition) is 3. The van der Waals surface area contributed by atoms with Crippen LogP contribution in [0.5, 0.6) is 0 Å². The monoisotopic (exact) mass is 342 g/mol. The lowest BCUT2D eigenvalue weighted by atomic mass is 10.1. The van der Waals surface area contributed by atoms with Crippen molar-refractivity contribution in [1.29, 1.82) is 0 Å². The molecule has 3 N–H and O–H groups in total. The summed E-state index contributed by atoms with van der Waals surface area (Å²) in [5.41, 5.74) is 1.04. The standard InChI is InChI=1S/C19H19FN2O3/c20-16-7-2-1-6-15(16)17(23)11-21-18(24)13-4-3-5-14(10-13)22-19(25)12-8-9-12/h1-7,10,12,17,23H,8-9,11H2,(H,21,24)(H,22,25). The minimum absolute atomic E-state index is 0.0347. The molecule has 1 aliphatic carbocycles. The summed E-state index contributed by atoms with van der Waals surface area (Å²) in [7, 11) is 0. The summed E-state index contributed by atoms with van der Waals surface area (Å²) in [5, 5.41) is 15.4. The SMILES string of the molecule is O=C(NCC(O)c1ccccc1F)c1cccc(NC(=O)C2CC2)c1. The maximum absolute atomic E-state index is 13.6. The van der Waals surface area contributed by atoms with Gasteiger partial charge in [0.25, 0.3) is 5.91 Å². The Morgan fingerprint density at radius 1 is 1.16 bits per heavy atom. The van der Waals surface area contributed by atoms with E-state index < -0.39 is 17.8 Å². The fourth-order valence-electron chi connectivity index (χ4n) is 2.47. The van der Waals surface area contributed by atoms with Crippen LogP contribution < -0.4 is 10.6 Å². The number of hydrogen-bond acceptors (Lipinski definition) is 3. The molecule has 1 aliphatic rings. The Morgan fingerprint density at radius 3 is 2.64 bits per heavy atom. The molecule has 2 amide bonds. The Hall–Kier alpha value is -2.73. The van der Waals surface area contributed by atoms with Crippen molar-refractivity contribution in [2.24, 2.45) is 5.92 Å². The van der Waals surface area contributed by atoms with E-state index in [9.17, 15) is 19.1 Å². The van der Waals surface area contributed by atoms with Crippen molar-refractivity contribution in [3.8, 4) is 0 Å². The maximum atomic E-state index is 13.6. The average Bonchev–Trinajstić information content (AvgIpc) is 3.45. The van der Waals surface area contributed by atoms with Crippen LogP contribution in [0, 0.1) is 11.7 Å². The molecule has 0 aliphatic heterocycles. The first-order valence-electron chi connectivity index (χ1n) is 8.16. The first-order valence-corrected chi connectivity index (χ1v) is 8.16. The van der Waals surface area contributed by atoms with E-state index in [1.807, 2.05) is 0 Å². The average molecular weight is 342 g/mol. The first kappa shape index (κ1) is 17.1. The lowest BCUT2D eigenvalue weighted by Crippen LogP contribution is -2.28. The van der Waals surface area contributed by atoms with E-state index in [0.717, 1.165) is 12.8 Å². The maximum Gasteiger partial charge on any atom is 0.251 e. The number of aliphatic hydroxyl groups excluding tert-OH is 1. The molecule has 0 radical (unpaired) electrons. The molecule has 130 valence electrons. The van der Waals surface area contributed by atoms with Crippen molar-refractivity contribution in [1.82, 2.24) is 5.32 Å². The third-order valence-electron chi connectivity index (χ3n) is 4.06. The van der Waals surface area contributed by atoms with Crippen LogP contribution in [0.2, 0.25) is 0 Å².